The molecule has 0 aliphatic heterocycles. The Labute approximate surface area is 70.4 Å². The lowest BCUT2D eigenvalue weighted by molar-refractivity contribution is 0.653. The molecule has 1 nitrogen and oxygen atoms in total. The van der Waals surface area contributed by atoms with Gasteiger partial charge in [-0.2, -0.15) is 0 Å². The van der Waals surface area contributed by atoms with Gasteiger partial charge in [-0.05, 0) is 12.1 Å². The molecule has 0 bridgehead atoms. The van der Waals surface area contributed by atoms with Crippen molar-refractivity contribution in [2.75, 3.05) is 0 Å². The molecule has 0 atom stereocenters. The molecule has 0 amide bonds. The minimum atomic E-state index is 0.285. The van der Waals surface area contributed by atoms with Gasteiger partial charge < -0.3 is 4.42 Å². The predicted octanol–water partition coefficient (Wildman–Crippen LogP) is 1.88. The number of furan rings is 1. The molecular formula is C8H4BClO. The minimum Gasteiger partial charge on any atom is -0.471 e. The molecule has 1 aromatic heterocycles. The zero-order chi connectivity index (χ0) is 7.84. The lowest BCUT2D eigenvalue weighted by Crippen LogP contribution is -1.96. The van der Waals surface area contributed by atoms with Crippen molar-refractivity contribution >= 4 is 36.1 Å². The Bertz CT molecular complexity index is 394. The number of benzene rings is 1. The summed E-state index contributed by atoms with van der Waals surface area (Å²) in [6.45, 7) is 0. The van der Waals surface area contributed by atoms with Crippen LogP contribution < -0.4 is 5.66 Å². The summed E-state index contributed by atoms with van der Waals surface area (Å²) in [7, 11) is 5.45. The molecular weight excluding hydrogens is 158 g/mol. The van der Waals surface area contributed by atoms with E-state index in [1.807, 2.05) is 24.3 Å². The van der Waals surface area contributed by atoms with Gasteiger partial charge in [-0.15, -0.1) is 0 Å². The fraction of sp³-hybridized carbons (Fsp3) is 0. The van der Waals surface area contributed by atoms with Crippen molar-refractivity contribution in [3.8, 4) is 0 Å². The molecule has 2 aromatic rings. The Morgan fingerprint density at radius 3 is 2.73 bits per heavy atom. The minimum absolute atomic E-state index is 0.285. The zero-order valence-corrected chi connectivity index (χ0v) is 6.43. The lowest BCUT2D eigenvalue weighted by Gasteiger charge is -1.83. The van der Waals surface area contributed by atoms with Crippen molar-refractivity contribution in [2.45, 2.75) is 0 Å². The van der Waals surface area contributed by atoms with Crippen molar-refractivity contribution < 1.29 is 4.42 Å². The lowest BCUT2D eigenvalue weighted by atomic mass is 10.1. The third-order valence-electron chi connectivity index (χ3n) is 1.56. The first-order valence-corrected chi connectivity index (χ1v) is 3.59. The van der Waals surface area contributed by atoms with E-state index in [0.717, 1.165) is 11.0 Å². The van der Waals surface area contributed by atoms with Gasteiger partial charge >= 0.3 is 0 Å². The third-order valence-corrected chi connectivity index (χ3v) is 1.95. The molecule has 1 heterocycles. The average Bonchev–Trinajstić information content (AvgIpc) is 2.30. The Hall–Kier alpha value is -0.885. The first-order chi connectivity index (χ1) is 5.29. The van der Waals surface area contributed by atoms with E-state index in [-0.39, 0.29) is 5.66 Å². The Balaban J connectivity index is 2.92. The maximum Gasteiger partial charge on any atom is 0.169 e. The number of para-hydroxylation sites is 1. The second kappa shape index (κ2) is 2.31. The van der Waals surface area contributed by atoms with Crippen LogP contribution >= 0.6 is 11.6 Å². The smallest absolute Gasteiger partial charge is 0.169 e. The van der Waals surface area contributed by atoms with Crippen LogP contribution in [0.3, 0.4) is 0 Å². The summed E-state index contributed by atoms with van der Waals surface area (Å²) >= 11 is 5.82. The third kappa shape index (κ3) is 0.943. The van der Waals surface area contributed by atoms with Crippen LogP contribution in [0.1, 0.15) is 0 Å². The van der Waals surface area contributed by atoms with Gasteiger partial charge in [-0.25, -0.2) is 0 Å². The summed E-state index contributed by atoms with van der Waals surface area (Å²) in [6, 6.07) is 7.47. The highest BCUT2D eigenvalue weighted by Crippen LogP contribution is 2.21. The van der Waals surface area contributed by atoms with E-state index in [0.29, 0.717) is 5.02 Å². The van der Waals surface area contributed by atoms with Crippen LogP contribution in [0.25, 0.3) is 11.0 Å². The fourth-order valence-corrected chi connectivity index (χ4v) is 1.23. The van der Waals surface area contributed by atoms with Crippen molar-refractivity contribution in [1.29, 1.82) is 0 Å². The summed E-state index contributed by atoms with van der Waals surface area (Å²) in [6.07, 6.45) is 0. The molecule has 0 fully saturated rings. The van der Waals surface area contributed by atoms with E-state index < -0.39 is 0 Å². The summed E-state index contributed by atoms with van der Waals surface area (Å²) in [4.78, 5) is 0. The van der Waals surface area contributed by atoms with Gasteiger partial charge in [0.15, 0.2) is 7.85 Å². The number of halogens is 1. The van der Waals surface area contributed by atoms with E-state index in [9.17, 15) is 0 Å². The molecule has 0 N–H and O–H groups in total. The van der Waals surface area contributed by atoms with Crippen LogP contribution in [0.5, 0.6) is 0 Å². The van der Waals surface area contributed by atoms with Crippen LogP contribution in [0.2, 0.25) is 5.02 Å². The molecule has 11 heavy (non-hydrogen) atoms. The Kier molecular flexibility index (Phi) is 1.43. The summed E-state index contributed by atoms with van der Waals surface area (Å²) in [5.41, 5.74) is 1.02. The van der Waals surface area contributed by atoms with Gasteiger partial charge in [0.25, 0.3) is 0 Å². The Morgan fingerprint density at radius 1 is 1.27 bits per heavy atom. The predicted molar refractivity (Wildman–Crippen MR) is 46.6 cm³/mol. The highest BCUT2D eigenvalue weighted by atomic mass is 35.5. The van der Waals surface area contributed by atoms with Crippen LogP contribution in [-0.4, -0.2) is 7.85 Å². The molecule has 0 unspecified atom stereocenters. The molecule has 0 saturated carbocycles. The van der Waals surface area contributed by atoms with Gasteiger partial charge in [0.05, 0.1) is 10.7 Å². The van der Waals surface area contributed by atoms with Gasteiger partial charge in [-0.3, -0.25) is 0 Å². The zero-order valence-electron chi connectivity index (χ0n) is 5.67. The van der Waals surface area contributed by atoms with Crippen LogP contribution in [0.15, 0.2) is 28.7 Å². The molecule has 2 rings (SSSR count). The fourth-order valence-electron chi connectivity index (χ4n) is 1.03. The normalized spacial score (nSPS) is 10.6. The SMILES string of the molecule is [B]c1oc2ccccc2c1Cl. The van der Waals surface area contributed by atoms with Crippen LogP contribution in [-0.2, 0) is 0 Å². The van der Waals surface area contributed by atoms with E-state index in [4.69, 9.17) is 23.9 Å². The summed E-state index contributed by atoms with van der Waals surface area (Å²) in [5, 5.41) is 1.37. The largest absolute Gasteiger partial charge is 0.471 e. The highest BCUT2D eigenvalue weighted by molar-refractivity contribution is 6.47. The van der Waals surface area contributed by atoms with Crippen molar-refractivity contribution in [3.05, 3.63) is 29.3 Å². The highest BCUT2D eigenvalue weighted by Gasteiger charge is 2.05. The summed E-state index contributed by atoms with van der Waals surface area (Å²) in [5.74, 6) is 0. The first-order valence-electron chi connectivity index (χ1n) is 3.21. The second-order valence-corrected chi connectivity index (χ2v) is 2.65. The van der Waals surface area contributed by atoms with Crippen molar-refractivity contribution in [3.63, 3.8) is 0 Å². The number of rotatable bonds is 0. The Morgan fingerprint density at radius 2 is 2.00 bits per heavy atom. The maximum atomic E-state index is 5.82. The van der Waals surface area contributed by atoms with Gasteiger partial charge in [0.1, 0.15) is 5.58 Å². The standard InChI is InChI=1S/C8H4BClO/c9-8-7(10)5-3-1-2-4-6(5)11-8/h1-4H. The molecule has 0 spiro atoms. The van der Waals surface area contributed by atoms with E-state index in [1.54, 1.807) is 0 Å². The van der Waals surface area contributed by atoms with Gasteiger partial charge in [0, 0.05) is 5.39 Å². The maximum absolute atomic E-state index is 5.82. The molecule has 52 valence electrons. The van der Waals surface area contributed by atoms with Crippen LogP contribution in [0, 0.1) is 0 Å². The monoisotopic (exact) mass is 162 g/mol. The van der Waals surface area contributed by atoms with Gasteiger partial charge in [-0.1, -0.05) is 23.7 Å². The van der Waals surface area contributed by atoms with E-state index >= 15 is 0 Å². The number of hydrogen-bond acceptors (Lipinski definition) is 1. The van der Waals surface area contributed by atoms with E-state index in [2.05, 4.69) is 0 Å². The first kappa shape index (κ1) is 6.80. The number of hydrogen-bond donors (Lipinski definition) is 0. The summed E-state index contributed by atoms with van der Waals surface area (Å²) < 4.78 is 5.14. The molecule has 3 heteroatoms. The molecule has 1 aromatic carbocycles. The average molecular weight is 162 g/mol. The van der Waals surface area contributed by atoms with Crippen molar-refractivity contribution in [1.82, 2.24) is 0 Å². The second-order valence-electron chi connectivity index (χ2n) is 2.28. The van der Waals surface area contributed by atoms with Gasteiger partial charge in [0.2, 0.25) is 0 Å². The molecule has 0 saturated heterocycles. The molecule has 2 radical (unpaired) electrons. The van der Waals surface area contributed by atoms with Crippen LogP contribution in [0.4, 0.5) is 0 Å². The molecule has 0 aliphatic carbocycles. The van der Waals surface area contributed by atoms with Crippen molar-refractivity contribution in [2.24, 2.45) is 0 Å². The topological polar surface area (TPSA) is 13.1 Å². The number of fused-ring (bicyclic) bond motifs is 1. The van der Waals surface area contributed by atoms with E-state index in [1.165, 1.54) is 0 Å². The quantitative estimate of drug-likeness (QED) is 0.539. The molecule has 0 aliphatic rings.